The summed E-state index contributed by atoms with van der Waals surface area (Å²) in [5.74, 6) is 2.61. The Kier molecular flexibility index (Phi) is 7.67. The largest absolute Gasteiger partial charge is 0.497 e. The smallest absolute Gasteiger partial charge is 0.234 e. The van der Waals surface area contributed by atoms with Crippen LogP contribution in [-0.2, 0) is 11.4 Å². The molecule has 4 rings (SSSR count). The predicted octanol–water partition coefficient (Wildman–Crippen LogP) is 4.59. The number of rotatable bonds is 10. The lowest BCUT2D eigenvalue weighted by molar-refractivity contribution is -0.113. The average molecular weight is 477 g/mol. The molecule has 1 aromatic heterocycles. The zero-order valence-electron chi connectivity index (χ0n) is 18.8. The fraction of sp³-hybridized carbons (Fsp3) is 0.160. The van der Waals surface area contributed by atoms with Gasteiger partial charge in [-0.1, -0.05) is 42.1 Å². The number of carbonyl (C=O) groups excluding carboxylic acids is 1. The maximum atomic E-state index is 12.5. The van der Waals surface area contributed by atoms with E-state index >= 15 is 0 Å². The number of aromatic nitrogens is 3. The summed E-state index contributed by atoms with van der Waals surface area (Å²) in [5, 5.41) is 12.1. The van der Waals surface area contributed by atoms with Crippen LogP contribution in [0.25, 0.3) is 5.69 Å². The number of ether oxygens (including phenoxy) is 3. The van der Waals surface area contributed by atoms with Gasteiger partial charge in [-0.05, 0) is 48.5 Å². The van der Waals surface area contributed by atoms with Gasteiger partial charge in [-0.25, -0.2) is 0 Å². The van der Waals surface area contributed by atoms with Crippen molar-refractivity contribution in [1.29, 1.82) is 0 Å². The number of carbonyl (C=O) groups is 1. The van der Waals surface area contributed by atoms with Crippen LogP contribution in [0.3, 0.4) is 0 Å². The zero-order chi connectivity index (χ0) is 23.8. The van der Waals surface area contributed by atoms with Gasteiger partial charge in [-0.3, -0.25) is 9.36 Å². The molecule has 0 saturated heterocycles. The number of thioether (sulfide) groups is 1. The first-order chi connectivity index (χ1) is 16.7. The molecule has 0 aliphatic heterocycles. The van der Waals surface area contributed by atoms with Crippen LogP contribution in [0.4, 0.5) is 5.69 Å². The topological polar surface area (TPSA) is 87.5 Å². The standard InChI is InChI=1S/C25H24N4O4S/c1-31-20-14-12-18(13-15-20)26-24(30)17-34-25-28-27-23(29(25)19-8-4-3-5-9-19)16-33-22-11-7-6-10-21(22)32-2/h3-15H,16-17H2,1-2H3,(H,26,30). The molecule has 9 heteroatoms. The molecule has 0 aliphatic rings. The number of para-hydroxylation sites is 3. The Labute approximate surface area is 201 Å². The Hall–Kier alpha value is -3.98. The minimum Gasteiger partial charge on any atom is -0.497 e. The Morgan fingerprint density at radius 2 is 1.59 bits per heavy atom. The fourth-order valence-electron chi connectivity index (χ4n) is 3.21. The SMILES string of the molecule is COc1ccc(NC(=O)CSc2nnc(COc3ccccc3OC)n2-c2ccccc2)cc1. The summed E-state index contributed by atoms with van der Waals surface area (Å²) in [7, 11) is 3.20. The van der Waals surface area contributed by atoms with Crippen LogP contribution in [0.1, 0.15) is 5.82 Å². The van der Waals surface area contributed by atoms with Gasteiger partial charge in [0.1, 0.15) is 12.4 Å². The van der Waals surface area contributed by atoms with Crippen LogP contribution in [0.2, 0.25) is 0 Å². The van der Waals surface area contributed by atoms with Gasteiger partial charge in [0, 0.05) is 11.4 Å². The van der Waals surface area contributed by atoms with E-state index in [0.717, 1.165) is 11.4 Å². The zero-order valence-corrected chi connectivity index (χ0v) is 19.6. The van der Waals surface area contributed by atoms with E-state index in [9.17, 15) is 4.79 Å². The summed E-state index contributed by atoms with van der Waals surface area (Å²) in [6.07, 6.45) is 0. The summed E-state index contributed by atoms with van der Waals surface area (Å²) < 4.78 is 18.4. The highest BCUT2D eigenvalue weighted by molar-refractivity contribution is 7.99. The molecule has 0 saturated carbocycles. The van der Waals surface area contributed by atoms with Crippen LogP contribution >= 0.6 is 11.8 Å². The lowest BCUT2D eigenvalue weighted by atomic mass is 10.3. The highest BCUT2D eigenvalue weighted by Crippen LogP contribution is 2.28. The third kappa shape index (κ3) is 5.68. The molecule has 34 heavy (non-hydrogen) atoms. The molecular weight excluding hydrogens is 452 g/mol. The lowest BCUT2D eigenvalue weighted by Gasteiger charge is -2.12. The van der Waals surface area contributed by atoms with Crippen LogP contribution in [-0.4, -0.2) is 40.6 Å². The van der Waals surface area contributed by atoms with E-state index in [1.807, 2.05) is 59.2 Å². The molecule has 8 nitrogen and oxygen atoms in total. The van der Waals surface area contributed by atoms with Crippen LogP contribution in [0.15, 0.2) is 84.0 Å². The summed E-state index contributed by atoms with van der Waals surface area (Å²) in [5.41, 5.74) is 1.58. The van der Waals surface area contributed by atoms with E-state index in [-0.39, 0.29) is 18.3 Å². The van der Waals surface area contributed by atoms with E-state index in [0.29, 0.717) is 28.2 Å². The Balaban J connectivity index is 1.48. The molecule has 0 unspecified atom stereocenters. The second kappa shape index (κ2) is 11.2. The van der Waals surface area contributed by atoms with Crippen molar-refractivity contribution in [3.05, 3.63) is 84.7 Å². The fourth-order valence-corrected chi connectivity index (χ4v) is 3.98. The number of hydrogen-bond acceptors (Lipinski definition) is 7. The van der Waals surface area contributed by atoms with E-state index in [2.05, 4.69) is 15.5 Å². The van der Waals surface area contributed by atoms with Crippen molar-refractivity contribution in [2.45, 2.75) is 11.8 Å². The van der Waals surface area contributed by atoms with Crippen molar-refractivity contribution in [3.63, 3.8) is 0 Å². The third-order valence-corrected chi connectivity index (χ3v) is 5.78. The molecule has 1 N–H and O–H groups in total. The molecule has 174 valence electrons. The summed E-state index contributed by atoms with van der Waals surface area (Å²) in [4.78, 5) is 12.5. The van der Waals surface area contributed by atoms with Gasteiger partial charge in [0.2, 0.25) is 5.91 Å². The number of amides is 1. The molecule has 0 radical (unpaired) electrons. The molecular formula is C25H24N4O4S. The maximum Gasteiger partial charge on any atom is 0.234 e. The molecule has 1 amide bonds. The Morgan fingerprint density at radius 3 is 2.29 bits per heavy atom. The summed E-state index contributed by atoms with van der Waals surface area (Å²) >= 11 is 1.30. The van der Waals surface area contributed by atoms with Gasteiger partial charge < -0.3 is 19.5 Å². The minimum absolute atomic E-state index is 0.149. The van der Waals surface area contributed by atoms with Crippen LogP contribution in [0, 0.1) is 0 Å². The molecule has 1 heterocycles. The first-order valence-corrected chi connectivity index (χ1v) is 11.5. The summed E-state index contributed by atoms with van der Waals surface area (Å²) in [6, 6.07) is 24.3. The molecule has 0 spiro atoms. The first-order valence-electron chi connectivity index (χ1n) is 10.5. The number of nitrogens with zero attached hydrogens (tertiary/aromatic N) is 3. The van der Waals surface area contributed by atoms with E-state index in [1.165, 1.54) is 11.8 Å². The monoisotopic (exact) mass is 476 g/mol. The highest BCUT2D eigenvalue weighted by atomic mass is 32.2. The molecule has 0 atom stereocenters. The number of anilines is 1. The Morgan fingerprint density at radius 1 is 0.882 bits per heavy atom. The van der Waals surface area contributed by atoms with Gasteiger partial charge in [0.15, 0.2) is 22.5 Å². The quantitative estimate of drug-likeness (QED) is 0.335. The van der Waals surface area contributed by atoms with Gasteiger partial charge in [0.05, 0.1) is 20.0 Å². The van der Waals surface area contributed by atoms with E-state index in [4.69, 9.17) is 14.2 Å². The number of methoxy groups -OCH3 is 2. The van der Waals surface area contributed by atoms with Gasteiger partial charge in [0.25, 0.3) is 0 Å². The average Bonchev–Trinajstić information content (AvgIpc) is 3.30. The maximum absolute atomic E-state index is 12.5. The number of benzene rings is 3. The van der Waals surface area contributed by atoms with E-state index < -0.39 is 0 Å². The van der Waals surface area contributed by atoms with Crippen molar-refractivity contribution in [3.8, 4) is 22.9 Å². The third-order valence-electron chi connectivity index (χ3n) is 4.85. The predicted molar refractivity (Wildman–Crippen MR) is 131 cm³/mol. The lowest BCUT2D eigenvalue weighted by Crippen LogP contribution is -2.14. The van der Waals surface area contributed by atoms with E-state index in [1.54, 1.807) is 38.5 Å². The molecule has 0 aliphatic carbocycles. The molecule has 4 aromatic rings. The van der Waals surface area contributed by atoms with Crippen molar-refractivity contribution >= 4 is 23.4 Å². The molecule has 0 bridgehead atoms. The van der Waals surface area contributed by atoms with Crippen LogP contribution in [0.5, 0.6) is 17.2 Å². The number of hydrogen-bond donors (Lipinski definition) is 1. The number of nitrogens with one attached hydrogen (secondary N) is 1. The minimum atomic E-state index is -0.149. The van der Waals surface area contributed by atoms with Gasteiger partial charge in [-0.15, -0.1) is 10.2 Å². The highest BCUT2D eigenvalue weighted by Gasteiger charge is 2.17. The molecule has 0 fully saturated rings. The van der Waals surface area contributed by atoms with Crippen molar-refractivity contribution in [2.75, 3.05) is 25.3 Å². The summed E-state index contributed by atoms with van der Waals surface area (Å²) in [6.45, 7) is 0.181. The van der Waals surface area contributed by atoms with Crippen LogP contribution < -0.4 is 19.5 Å². The first kappa shape index (κ1) is 23.2. The normalized spacial score (nSPS) is 10.5. The second-order valence-corrected chi connectivity index (χ2v) is 8.02. The van der Waals surface area contributed by atoms with Gasteiger partial charge >= 0.3 is 0 Å². The molecule has 3 aromatic carbocycles. The second-order valence-electron chi connectivity index (χ2n) is 7.07. The Bertz CT molecular complexity index is 1230. The van der Waals surface area contributed by atoms with Gasteiger partial charge in [-0.2, -0.15) is 0 Å². The van der Waals surface area contributed by atoms with Crippen molar-refractivity contribution in [1.82, 2.24) is 14.8 Å². The van der Waals surface area contributed by atoms with Crippen molar-refractivity contribution < 1.29 is 19.0 Å². The van der Waals surface area contributed by atoms with Crippen molar-refractivity contribution in [2.24, 2.45) is 0 Å².